The first-order valence-corrected chi connectivity index (χ1v) is 11.0. The Morgan fingerprint density at radius 1 is 1.17 bits per heavy atom. The van der Waals surface area contributed by atoms with Gasteiger partial charge < -0.3 is 5.32 Å². The first-order valence-electron chi connectivity index (χ1n) is 8.39. The van der Waals surface area contributed by atoms with Gasteiger partial charge in [0.15, 0.2) is 0 Å². The number of amides is 1. The number of rotatable bonds is 7. The molecule has 0 saturated heterocycles. The molecular weight excluding hydrogens is 436 g/mol. The molecule has 2 aromatic heterocycles. The minimum Gasteiger partial charge on any atom is -0.351 e. The van der Waals surface area contributed by atoms with Crippen molar-refractivity contribution in [3.8, 4) is 10.6 Å². The molecule has 2 heterocycles. The first-order chi connectivity index (χ1) is 13.8. The molecule has 0 aliphatic heterocycles. The van der Waals surface area contributed by atoms with Crippen LogP contribution in [-0.2, 0) is 21.4 Å². The van der Waals surface area contributed by atoms with Crippen molar-refractivity contribution in [1.82, 2.24) is 19.8 Å². The maximum Gasteiger partial charge on any atom is 0.264 e. The summed E-state index contributed by atoms with van der Waals surface area (Å²) in [6.45, 7) is -0.0506. The van der Waals surface area contributed by atoms with Crippen LogP contribution in [-0.4, -0.2) is 42.4 Å². The largest absolute Gasteiger partial charge is 0.351 e. The van der Waals surface area contributed by atoms with Crippen LogP contribution in [0, 0.1) is 0 Å². The van der Waals surface area contributed by atoms with Crippen molar-refractivity contribution >= 4 is 38.9 Å². The fourth-order valence-corrected chi connectivity index (χ4v) is 5.12. The highest BCUT2D eigenvalue weighted by molar-refractivity contribution is 7.91. The zero-order chi connectivity index (χ0) is 21.0. The Morgan fingerprint density at radius 2 is 1.90 bits per heavy atom. The summed E-state index contributed by atoms with van der Waals surface area (Å²) < 4.78 is 26.5. The normalized spacial score (nSPS) is 11.6. The van der Waals surface area contributed by atoms with E-state index in [0.717, 1.165) is 21.2 Å². The van der Waals surface area contributed by atoms with Gasteiger partial charge in [0, 0.05) is 24.7 Å². The maximum atomic E-state index is 12.7. The summed E-state index contributed by atoms with van der Waals surface area (Å²) in [5.41, 5.74) is 0.964. The molecule has 29 heavy (non-hydrogen) atoms. The van der Waals surface area contributed by atoms with E-state index in [2.05, 4.69) is 15.5 Å². The summed E-state index contributed by atoms with van der Waals surface area (Å²) in [6, 6.07) is 12.9. The second-order valence-electron chi connectivity index (χ2n) is 6.09. The van der Waals surface area contributed by atoms with Crippen LogP contribution in [0.15, 0.2) is 57.5 Å². The number of aromatic nitrogens is 2. The van der Waals surface area contributed by atoms with Gasteiger partial charge in [-0.25, -0.2) is 13.5 Å². The summed E-state index contributed by atoms with van der Waals surface area (Å²) in [4.78, 5) is 23.8. The van der Waals surface area contributed by atoms with Gasteiger partial charge in [0.05, 0.1) is 11.4 Å². The van der Waals surface area contributed by atoms with E-state index in [4.69, 9.17) is 11.6 Å². The summed E-state index contributed by atoms with van der Waals surface area (Å²) >= 11 is 6.83. The topological polar surface area (TPSA) is 112 Å². The van der Waals surface area contributed by atoms with E-state index in [-0.39, 0.29) is 22.9 Å². The second kappa shape index (κ2) is 8.87. The molecule has 0 aliphatic rings. The molecule has 2 N–H and O–H groups in total. The van der Waals surface area contributed by atoms with Gasteiger partial charge in [-0.1, -0.05) is 23.7 Å². The van der Waals surface area contributed by atoms with Crippen molar-refractivity contribution in [3.63, 3.8) is 0 Å². The maximum absolute atomic E-state index is 12.7. The number of benzene rings is 1. The molecule has 0 fully saturated rings. The summed E-state index contributed by atoms with van der Waals surface area (Å²) in [7, 11) is -2.50. The Bertz CT molecular complexity index is 1150. The third kappa shape index (κ3) is 5.30. The van der Waals surface area contributed by atoms with Crippen LogP contribution < -0.4 is 10.9 Å². The lowest BCUT2D eigenvalue weighted by atomic mass is 10.2. The highest BCUT2D eigenvalue weighted by Gasteiger charge is 2.25. The molecule has 0 spiro atoms. The lowest BCUT2D eigenvalue weighted by Gasteiger charge is -2.15. The molecule has 152 valence electrons. The number of carbonyl (C=O) groups excluding carboxylic acids is 1. The quantitative estimate of drug-likeness (QED) is 0.570. The number of carbonyl (C=O) groups is 1. The van der Waals surface area contributed by atoms with Gasteiger partial charge in [0.1, 0.15) is 9.90 Å². The summed E-state index contributed by atoms with van der Waals surface area (Å²) in [6.07, 6.45) is 0. The van der Waals surface area contributed by atoms with E-state index in [9.17, 15) is 18.0 Å². The van der Waals surface area contributed by atoms with Crippen LogP contribution in [0.4, 0.5) is 0 Å². The van der Waals surface area contributed by atoms with E-state index >= 15 is 0 Å². The van der Waals surface area contributed by atoms with Crippen LogP contribution in [0.5, 0.6) is 0 Å². The van der Waals surface area contributed by atoms with Crippen molar-refractivity contribution in [2.24, 2.45) is 0 Å². The molecule has 3 rings (SSSR count). The molecule has 0 bridgehead atoms. The molecule has 1 amide bonds. The number of sulfonamides is 1. The third-order valence-corrected chi connectivity index (χ3v) is 7.58. The highest BCUT2D eigenvalue weighted by Crippen LogP contribution is 2.30. The van der Waals surface area contributed by atoms with Crippen LogP contribution in [0.2, 0.25) is 5.02 Å². The van der Waals surface area contributed by atoms with Gasteiger partial charge in [-0.05, 0) is 35.9 Å². The van der Waals surface area contributed by atoms with Crippen molar-refractivity contribution in [3.05, 3.63) is 69.5 Å². The van der Waals surface area contributed by atoms with Gasteiger partial charge in [0.25, 0.3) is 15.6 Å². The van der Waals surface area contributed by atoms with Gasteiger partial charge in [-0.2, -0.15) is 9.40 Å². The lowest BCUT2D eigenvalue weighted by Crippen LogP contribution is -2.37. The number of H-pyrrole nitrogens is 1. The van der Waals surface area contributed by atoms with Crippen LogP contribution in [0.1, 0.15) is 5.56 Å². The van der Waals surface area contributed by atoms with Gasteiger partial charge in [-0.15, -0.1) is 11.3 Å². The minimum atomic E-state index is -3.84. The molecule has 0 atom stereocenters. The number of nitrogens with zero attached hydrogens (tertiary/aromatic N) is 2. The molecule has 8 nitrogen and oxygen atoms in total. The number of halogens is 1. The Hall–Kier alpha value is -2.53. The fourth-order valence-electron chi connectivity index (χ4n) is 2.38. The molecule has 0 radical (unpaired) electrons. The Morgan fingerprint density at radius 3 is 2.55 bits per heavy atom. The van der Waals surface area contributed by atoms with E-state index in [1.807, 2.05) is 0 Å². The average Bonchev–Trinajstić information content (AvgIpc) is 3.19. The molecule has 1 aromatic carbocycles. The monoisotopic (exact) mass is 452 g/mol. The van der Waals surface area contributed by atoms with Gasteiger partial charge in [-0.3, -0.25) is 9.59 Å². The van der Waals surface area contributed by atoms with Crippen molar-refractivity contribution in [2.75, 3.05) is 13.6 Å². The number of thiophene rings is 1. The first kappa shape index (κ1) is 21.2. The average molecular weight is 453 g/mol. The van der Waals surface area contributed by atoms with Crippen molar-refractivity contribution in [1.29, 1.82) is 0 Å². The number of hydrogen-bond acceptors (Lipinski definition) is 6. The highest BCUT2D eigenvalue weighted by atomic mass is 35.5. The predicted molar refractivity (Wildman–Crippen MR) is 111 cm³/mol. The predicted octanol–water partition coefficient (Wildman–Crippen LogP) is 2.09. The zero-order valence-corrected chi connectivity index (χ0v) is 17.6. The Balaban J connectivity index is 1.64. The third-order valence-electron chi connectivity index (χ3n) is 3.95. The molecule has 11 heteroatoms. The second-order valence-corrected chi connectivity index (χ2v) is 9.88. The van der Waals surface area contributed by atoms with Crippen molar-refractivity contribution < 1.29 is 13.2 Å². The Kier molecular flexibility index (Phi) is 6.48. The number of aromatic amines is 1. The number of nitrogens with one attached hydrogen (secondary N) is 2. The van der Waals surface area contributed by atoms with Crippen molar-refractivity contribution in [2.45, 2.75) is 10.8 Å². The van der Waals surface area contributed by atoms with Crippen LogP contribution in [0.3, 0.4) is 0 Å². The van der Waals surface area contributed by atoms with Crippen LogP contribution in [0.25, 0.3) is 10.6 Å². The Labute approximate surface area is 176 Å². The molecule has 0 unspecified atom stereocenters. The number of hydrogen-bond donors (Lipinski definition) is 2. The van der Waals surface area contributed by atoms with Gasteiger partial charge >= 0.3 is 0 Å². The van der Waals surface area contributed by atoms with E-state index < -0.39 is 15.9 Å². The standard InChI is InChI=1S/C18H17ClN4O4S2/c1-23(11-17(25)20-10-12-2-4-13(19)5-3-12)29(26,27)18-9-7-15(28-18)14-6-8-16(24)22-21-14/h2-9H,10-11H2,1H3,(H,20,25)(H,22,24). The summed E-state index contributed by atoms with van der Waals surface area (Å²) in [5, 5.41) is 9.47. The molecule has 3 aromatic rings. The smallest absolute Gasteiger partial charge is 0.264 e. The van der Waals surface area contributed by atoms with E-state index in [1.165, 1.54) is 25.2 Å². The molecular formula is C18H17ClN4O4S2. The molecule has 0 saturated carbocycles. The number of likely N-dealkylation sites (N-methyl/N-ethyl adjacent to an activating group) is 1. The van der Waals surface area contributed by atoms with Crippen LogP contribution >= 0.6 is 22.9 Å². The van der Waals surface area contributed by atoms with E-state index in [1.54, 1.807) is 30.3 Å². The summed E-state index contributed by atoms with van der Waals surface area (Å²) in [5.74, 6) is -0.426. The minimum absolute atomic E-state index is 0.0773. The zero-order valence-electron chi connectivity index (χ0n) is 15.3. The molecule has 0 aliphatic carbocycles. The van der Waals surface area contributed by atoms with Gasteiger partial charge in [0.2, 0.25) is 5.91 Å². The SMILES string of the molecule is CN(CC(=O)NCc1ccc(Cl)cc1)S(=O)(=O)c1ccc(-c2ccc(=O)[nH]n2)s1. The van der Waals surface area contributed by atoms with E-state index in [0.29, 0.717) is 15.6 Å². The fraction of sp³-hybridized carbons (Fsp3) is 0.167. The lowest BCUT2D eigenvalue weighted by molar-refractivity contribution is -0.121.